The molecule has 1 fully saturated rings. The molecular formula is C28H27FN4O. The van der Waals surface area contributed by atoms with Crippen LogP contribution in [0.2, 0.25) is 0 Å². The number of piperidine rings is 1. The van der Waals surface area contributed by atoms with Crippen LogP contribution in [0.3, 0.4) is 0 Å². The molecule has 5 nitrogen and oxygen atoms in total. The van der Waals surface area contributed by atoms with E-state index in [1.807, 2.05) is 48.1 Å². The van der Waals surface area contributed by atoms with Gasteiger partial charge in [0, 0.05) is 55.8 Å². The number of aromatic nitrogens is 2. The molecule has 2 aliphatic heterocycles. The van der Waals surface area contributed by atoms with Gasteiger partial charge in [0.15, 0.2) is 0 Å². The molecule has 34 heavy (non-hydrogen) atoms. The molecule has 0 unspecified atom stereocenters. The van der Waals surface area contributed by atoms with Crippen LogP contribution in [0.1, 0.15) is 34.3 Å². The highest BCUT2D eigenvalue weighted by Crippen LogP contribution is 2.33. The Hall–Kier alpha value is -3.51. The maximum atomic E-state index is 14.5. The van der Waals surface area contributed by atoms with E-state index < -0.39 is 0 Å². The van der Waals surface area contributed by atoms with E-state index >= 15 is 0 Å². The molecule has 6 rings (SSSR count). The molecule has 0 radical (unpaired) electrons. The normalized spacial score (nSPS) is 17.0. The van der Waals surface area contributed by atoms with E-state index in [9.17, 15) is 9.18 Å². The van der Waals surface area contributed by atoms with Crippen LogP contribution in [0.15, 0.2) is 66.7 Å². The summed E-state index contributed by atoms with van der Waals surface area (Å²) in [4.78, 5) is 17.4. The Balaban J connectivity index is 1.19. The number of nitrogens with zero attached hydrogens (tertiary/aromatic N) is 4. The minimum atomic E-state index is -0.256. The second-order valence-electron chi connectivity index (χ2n) is 9.36. The molecule has 172 valence electrons. The molecule has 4 aromatic rings. The summed E-state index contributed by atoms with van der Waals surface area (Å²) in [5, 5.41) is 5.65. The molecule has 3 heterocycles. The van der Waals surface area contributed by atoms with E-state index in [1.165, 1.54) is 11.6 Å². The zero-order chi connectivity index (χ0) is 23.2. The molecule has 2 aliphatic rings. The van der Waals surface area contributed by atoms with Crippen molar-refractivity contribution < 1.29 is 9.18 Å². The Labute approximate surface area is 198 Å². The van der Waals surface area contributed by atoms with Crippen LogP contribution in [0.4, 0.5) is 4.39 Å². The number of amides is 1. The summed E-state index contributed by atoms with van der Waals surface area (Å²) in [5.74, 6) is -0.0806. The SMILES string of the molecule is Cn1nc(-c2ccccc2F)c2cccc(CN3CCC(N4Cc5ccccc5C4=O)CC3)c21. The van der Waals surface area contributed by atoms with Crippen molar-refractivity contribution in [2.24, 2.45) is 7.05 Å². The first-order chi connectivity index (χ1) is 16.6. The minimum Gasteiger partial charge on any atom is -0.331 e. The number of hydrogen-bond acceptors (Lipinski definition) is 3. The third-order valence-corrected chi connectivity index (χ3v) is 7.32. The van der Waals surface area contributed by atoms with Gasteiger partial charge in [-0.2, -0.15) is 5.10 Å². The van der Waals surface area contributed by atoms with Crippen molar-refractivity contribution in [1.82, 2.24) is 19.6 Å². The number of likely N-dealkylation sites (tertiary alicyclic amines) is 1. The van der Waals surface area contributed by atoms with Crippen molar-refractivity contribution >= 4 is 16.8 Å². The molecule has 0 spiro atoms. The third kappa shape index (κ3) is 3.49. The number of carbonyl (C=O) groups excluding carboxylic acids is 1. The molecule has 1 amide bonds. The van der Waals surface area contributed by atoms with E-state index in [4.69, 9.17) is 0 Å². The highest BCUT2D eigenvalue weighted by molar-refractivity contribution is 5.98. The van der Waals surface area contributed by atoms with Crippen LogP contribution in [0.25, 0.3) is 22.2 Å². The zero-order valence-corrected chi connectivity index (χ0v) is 19.2. The predicted octanol–water partition coefficient (Wildman–Crippen LogP) is 5.00. The van der Waals surface area contributed by atoms with Gasteiger partial charge in [-0.05, 0) is 42.2 Å². The van der Waals surface area contributed by atoms with Crippen molar-refractivity contribution in [1.29, 1.82) is 0 Å². The van der Waals surface area contributed by atoms with Crippen LogP contribution in [0, 0.1) is 5.82 Å². The topological polar surface area (TPSA) is 41.4 Å². The van der Waals surface area contributed by atoms with Crippen molar-refractivity contribution in [3.05, 3.63) is 89.2 Å². The van der Waals surface area contributed by atoms with Crippen LogP contribution in [-0.2, 0) is 20.1 Å². The van der Waals surface area contributed by atoms with Crippen molar-refractivity contribution in [2.45, 2.75) is 32.0 Å². The maximum Gasteiger partial charge on any atom is 0.254 e. The molecular weight excluding hydrogens is 427 g/mol. The molecule has 6 heteroatoms. The molecule has 0 atom stereocenters. The Kier molecular flexibility index (Phi) is 5.18. The fourth-order valence-corrected chi connectivity index (χ4v) is 5.60. The second kappa shape index (κ2) is 8.37. The predicted molar refractivity (Wildman–Crippen MR) is 131 cm³/mol. The van der Waals surface area contributed by atoms with E-state index in [0.717, 1.165) is 61.1 Å². The smallest absolute Gasteiger partial charge is 0.254 e. The van der Waals surface area contributed by atoms with Crippen LogP contribution in [0.5, 0.6) is 0 Å². The zero-order valence-electron chi connectivity index (χ0n) is 19.2. The first kappa shape index (κ1) is 21.1. The van der Waals surface area contributed by atoms with E-state index in [-0.39, 0.29) is 17.8 Å². The summed E-state index contributed by atoms with van der Waals surface area (Å²) in [7, 11) is 1.93. The minimum absolute atomic E-state index is 0.175. The van der Waals surface area contributed by atoms with Gasteiger partial charge >= 0.3 is 0 Å². The average molecular weight is 455 g/mol. The number of carbonyl (C=O) groups is 1. The number of benzene rings is 3. The second-order valence-corrected chi connectivity index (χ2v) is 9.36. The van der Waals surface area contributed by atoms with Gasteiger partial charge in [0.2, 0.25) is 0 Å². The van der Waals surface area contributed by atoms with E-state index in [0.29, 0.717) is 11.3 Å². The first-order valence-electron chi connectivity index (χ1n) is 11.9. The fourth-order valence-electron chi connectivity index (χ4n) is 5.60. The highest BCUT2D eigenvalue weighted by Gasteiger charge is 2.34. The lowest BCUT2D eigenvalue weighted by molar-refractivity contribution is 0.0590. The molecule has 0 bridgehead atoms. The van der Waals surface area contributed by atoms with E-state index in [2.05, 4.69) is 27.0 Å². The van der Waals surface area contributed by atoms with Crippen LogP contribution in [-0.4, -0.2) is 44.6 Å². The monoisotopic (exact) mass is 454 g/mol. The fraction of sp³-hybridized carbons (Fsp3) is 0.286. The summed E-state index contributed by atoms with van der Waals surface area (Å²) in [6, 6.07) is 21.3. The average Bonchev–Trinajstić information content (AvgIpc) is 3.38. The van der Waals surface area contributed by atoms with Crippen molar-refractivity contribution in [2.75, 3.05) is 13.1 Å². The molecule has 1 saturated heterocycles. The van der Waals surface area contributed by atoms with Crippen LogP contribution >= 0.6 is 0 Å². The van der Waals surface area contributed by atoms with E-state index in [1.54, 1.807) is 12.1 Å². The van der Waals surface area contributed by atoms with Gasteiger partial charge in [0.05, 0.1) is 5.52 Å². The van der Waals surface area contributed by atoms with Gasteiger partial charge in [0.25, 0.3) is 5.91 Å². The summed E-state index contributed by atoms with van der Waals surface area (Å²) >= 11 is 0. The Morgan fingerprint density at radius 2 is 1.68 bits per heavy atom. The lowest BCUT2D eigenvalue weighted by Gasteiger charge is -2.36. The van der Waals surface area contributed by atoms with Crippen molar-refractivity contribution in [3.8, 4) is 11.3 Å². The lowest BCUT2D eigenvalue weighted by atomic mass is 10.0. The molecule has 3 aromatic carbocycles. The summed E-state index contributed by atoms with van der Waals surface area (Å²) in [6.45, 7) is 3.43. The largest absolute Gasteiger partial charge is 0.331 e. The number of hydrogen-bond donors (Lipinski definition) is 0. The number of fused-ring (bicyclic) bond motifs is 2. The highest BCUT2D eigenvalue weighted by atomic mass is 19.1. The van der Waals surface area contributed by atoms with Gasteiger partial charge in [-0.25, -0.2) is 4.39 Å². The molecule has 0 aliphatic carbocycles. The number of rotatable bonds is 4. The van der Waals surface area contributed by atoms with Crippen LogP contribution < -0.4 is 0 Å². The van der Waals surface area contributed by atoms with Gasteiger partial charge in [-0.15, -0.1) is 0 Å². The standard InChI is InChI=1S/C28H27FN4O/c1-31-27-20(8-6-11-24(27)26(30-31)23-10-4-5-12-25(23)29)17-32-15-13-21(14-16-32)33-18-19-7-2-3-9-22(19)28(33)34/h2-12,21H,13-18H2,1H3. The summed E-state index contributed by atoms with van der Waals surface area (Å²) < 4.78 is 16.4. The number of aryl methyl sites for hydroxylation is 1. The van der Waals surface area contributed by atoms with Gasteiger partial charge in [-0.3, -0.25) is 14.4 Å². The third-order valence-electron chi connectivity index (χ3n) is 7.32. The molecule has 0 N–H and O–H groups in total. The summed E-state index contributed by atoms with van der Waals surface area (Å²) in [6.07, 6.45) is 1.95. The number of halogens is 1. The first-order valence-corrected chi connectivity index (χ1v) is 11.9. The summed E-state index contributed by atoms with van der Waals surface area (Å²) in [5.41, 5.74) is 5.46. The van der Waals surface area contributed by atoms with Gasteiger partial charge in [-0.1, -0.05) is 48.5 Å². The lowest BCUT2D eigenvalue weighted by Crippen LogP contribution is -2.44. The Bertz CT molecular complexity index is 1390. The van der Waals surface area contributed by atoms with Gasteiger partial charge in [0.1, 0.15) is 11.5 Å². The Morgan fingerprint density at radius 3 is 2.44 bits per heavy atom. The molecule has 1 aromatic heterocycles. The maximum absolute atomic E-state index is 14.5. The van der Waals surface area contributed by atoms with Crippen molar-refractivity contribution in [3.63, 3.8) is 0 Å². The van der Waals surface area contributed by atoms with Gasteiger partial charge < -0.3 is 4.90 Å². The quantitative estimate of drug-likeness (QED) is 0.436. The molecule has 0 saturated carbocycles. The number of para-hydroxylation sites is 1. The Morgan fingerprint density at radius 1 is 0.941 bits per heavy atom.